The van der Waals surface area contributed by atoms with Crippen molar-refractivity contribution in [2.45, 2.75) is 19.8 Å². The molecule has 0 amide bonds. The second-order valence-corrected chi connectivity index (χ2v) is 3.50. The van der Waals surface area contributed by atoms with E-state index >= 15 is 0 Å². The number of allylic oxidation sites excluding steroid dienone is 1. The van der Waals surface area contributed by atoms with Gasteiger partial charge < -0.3 is 0 Å². The molecule has 1 nitrogen and oxygen atoms in total. The first-order chi connectivity index (χ1) is 6.72. The van der Waals surface area contributed by atoms with Crippen molar-refractivity contribution in [1.29, 1.82) is 0 Å². The van der Waals surface area contributed by atoms with Crippen LogP contribution in [0, 0.1) is 0 Å². The molecule has 0 fully saturated rings. The van der Waals surface area contributed by atoms with Crippen LogP contribution in [0.3, 0.4) is 0 Å². The summed E-state index contributed by atoms with van der Waals surface area (Å²) in [5, 5.41) is -0.442. The minimum Gasteiger partial charge on any atom is -0.276 e. The van der Waals surface area contributed by atoms with Crippen molar-refractivity contribution >= 4 is 22.9 Å². The molecule has 0 radical (unpaired) electrons. The van der Waals surface area contributed by atoms with Gasteiger partial charge in [-0.2, -0.15) is 0 Å². The van der Waals surface area contributed by atoms with E-state index in [1.54, 1.807) is 6.08 Å². The van der Waals surface area contributed by atoms with E-state index in [-0.39, 0.29) is 0 Å². The Morgan fingerprint density at radius 1 is 1.36 bits per heavy atom. The normalized spacial score (nSPS) is 10.7. The quantitative estimate of drug-likeness (QED) is 0.548. The third-order valence-corrected chi connectivity index (χ3v) is 2.05. The fraction of sp³-hybridized carbons (Fsp3) is 0.250. The van der Waals surface area contributed by atoms with Gasteiger partial charge >= 0.3 is 0 Å². The van der Waals surface area contributed by atoms with Crippen molar-refractivity contribution in [3.8, 4) is 0 Å². The van der Waals surface area contributed by atoms with Gasteiger partial charge in [-0.1, -0.05) is 43.7 Å². The third-order valence-electron chi connectivity index (χ3n) is 1.93. The summed E-state index contributed by atoms with van der Waals surface area (Å²) >= 11 is 5.18. The van der Waals surface area contributed by atoms with Gasteiger partial charge in [0.05, 0.1) is 0 Å². The molecular weight excluding hydrogens is 196 g/mol. The van der Waals surface area contributed by atoms with Crippen molar-refractivity contribution in [2.24, 2.45) is 0 Å². The van der Waals surface area contributed by atoms with E-state index in [1.807, 2.05) is 12.1 Å². The summed E-state index contributed by atoms with van der Waals surface area (Å²) in [6, 6.07) is 8.12. The molecule has 0 aromatic heterocycles. The molecule has 0 bridgehead atoms. The summed E-state index contributed by atoms with van der Waals surface area (Å²) in [7, 11) is 0. The molecule has 0 aliphatic heterocycles. The average molecular weight is 209 g/mol. The molecule has 0 saturated carbocycles. The van der Waals surface area contributed by atoms with E-state index in [0.29, 0.717) is 0 Å². The molecule has 0 atom stereocenters. The number of aryl methyl sites for hydroxylation is 1. The van der Waals surface area contributed by atoms with Crippen molar-refractivity contribution in [3.05, 3.63) is 41.5 Å². The molecule has 1 aromatic rings. The van der Waals surface area contributed by atoms with E-state index in [2.05, 4.69) is 19.1 Å². The molecule has 1 aromatic carbocycles. The van der Waals surface area contributed by atoms with Crippen LogP contribution in [-0.4, -0.2) is 5.24 Å². The minimum absolute atomic E-state index is 0.442. The second kappa shape index (κ2) is 5.61. The highest BCUT2D eigenvalue weighted by Crippen LogP contribution is 2.08. The van der Waals surface area contributed by atoms with Gasteiger partial charge in [0.2, 0.25) is 5.24 Å². The number of carbonyl (C=O) groups is 1. The highest BCUT2D eigenvalue weighted by Gasteiger charge is 1.91. The van der Waals surface area contributed by atoms with E-state index < -0.39 is 5.24 Å². The number of benzene rings is 1. The monoisotopic (exact) mass is 208 g/mol. The molecular formula is C12H13ClO. The molecule has 1 rings (SSSR count). The van der Waals surface area contributed by atoms with Crippen molar-refractivity contribution in [1.82, 2.24) is 0 Å². The van der Waals surface area contributed by atoms with Crippen LogP contribution < -0.4 is 0 Å². The first kappa shape index (κ1) is 11.0. The van der Waals surface area contributed by atoms with Crippen LogP contribution in [0.5, 0.6) is 0 Å². The molecule has 0 aliphatic carbocycles. The summed E-state index contributed by atoms with van der Waals surface area (Å²) in [6.07, 6.45) is 5.31. The first-order valence-electron chi connectivity index (χ1n) is 4.69. The summed E-state index contributed by atoms with van der Waals surface area (Å²) in [5.74, 6) is 0. The summed E-state index contributed by atoms with van der Waals surface area (Å²) < 4.78 is 0. The van der Waals surface area contributed by atoms with Crippen LogP contribution >= 0.6 is 11.6 Å². The number of hydrogen-bond acceptors (Lipinski definition) is 1. The molecule has 14 heavy (non-hydrogen) atoms. The van der Waals surface area contributed by atoms with Gasteiger partial charge in [0.15, 0.2) is 0 Å². The maximum atomic E-state index is 10.5. The Kier molecular flexibility index (Phi) is 4.41. The number of hydrogen-bond donors (Lipinski definition) is 0. The zero-order valence-electron chi connectivity index (χ0n) is 8.16. The lowest BCUT2D eigenvalue weighted by molar-refractivity contribution is -0.107. The van der Waals surface area contributed by atoms with Crippen LogP contribution in [0.25, 0.3) is 6.08 Å². The fourth-order valence-corrected chi connectivity index (χ4v) is 1.31. The smallest absolute Gasteiger partial charge is 0.245 e. The van der Waals surface area contributed by atoms with Crippen molar-refractivity contribution in [3.63, 3.8) is 0 Å². The molecule has 0 unspecified atom stereocenters. The second-order valence-electron chi connectivity index (χ2n) is 3.13. The van der Waals surface area contributed by atoms with Gasteiger partial charge in [-0.25, -0.2) is 0 Å². The van der Waals surface area contributed by atoms with Crippen molar-refractivity contribution in [2.75, 3.05) is 0 Å². The van der Waals surface area contributed by atoms with E-state index in [9.17, 15) is 4.79 Å². The molecule has 0 spiro atoms. The predicted molar refractivity (Wildman–Crippen MR) is 60.3 cm³/mol. The van der Waals surface area contributed by atoms with E-state index in [4.69, 9.17) is 11.6 Å². The Labute approximate surface area is 89.4 Å². The zero-order valence-corrected chi connectivity index (χ0v) is 8.92. The third kappa shape index (κ3) is 3.75. The van der Waals surface area contributed by atoms with Gasteiger partial charge in [0.25, 0.3) is 0 Å². The van der Waals surface area contributed by atoms with Gasteiger partial charge in [-0.05, 0) is 35.2 Å². The summed E-state index contributed by atoms with van der Waals surface area (Å²) in [5.41, 5.74) is 2.32. The Hall–Kier alpha value is -1.08. The van der Waals surface area contributed by atoms with E-state index in [0.717, 1.165) is 18.4 Å². The lowest BCUT2D eigenvalue weighted by Crippen LogP contribution is -1.82. The van der Waals surface area contributed by atoms with Gasteiger partial charge in [0, 0.05) is 0 Å². The van der Waals surface area contributed by atoms with Gasteiger partial charge in [-0.15, -0.1) is 0 Å². The average Bonchev–Trinajstić information content (AvgIpc) is 2.17. The molecule has 74 valence electrons. The van der Waals surface area contributed by atoms with Crippen LogP contribution in [0.1, 0.15) is 24.5 Å². The van der Waals surface area contributed by atoms with Gasteiger partial charge in [-0.3, -0.25) is 4.79 Å². The molecule has 0 saturated heterocycles. The largest absolute Gasteiger partial charge is 0.276 e. The topological polar surface area (TPSA) is 17.1 Å². The SMILES string of the molecule is CCCc1ccc(C=CC(=O)Cl)cc1. The Morgan fingerprint density at radius 3 is 2.50 bits per heavy atom. The number of rotatable bonds is 4. The standard InChI is InChI=1S/C12H13ClO/c1-2-3-10-4-6-11(7-5-10)8-9-12(13)14/h4-9H,2-3H2,1H3. The fourth-order valence-electron chi connectivity index (χ4n) is 1.25. The highest BCUT2D eigenvalue weighted by atomic mass is 35.5. The molecule has 0 aliphatic rings. The Morgan fingerprint density at radius 2 is 2.00 bits per heavy atom. The Bertz CT molecular complexity index is 325. The van der Waals surface area contributed by atoms with Crippen LogP contribution in [0.2, 0.25) is 0 Å². The molecule has 0 N–H and O–H groups in total. The number of carbonyl (C=O) groups excluding carboxylic acids is 1. The highest BCUT2D eigenvalue weighted by molar-refractivity contribution is 6.66. The lowest BCUT2D eigenvalue weighted by Gasteiger charge is -1.98. The molecule has 0 heterocycles. The van der Waals surface area contributed by atoms with Gasteiger partial charge in [0.1, 0.15) is 0 Å². The summed E-state index contributed by atoms with van der Waals surface area (Å²) in [6.45, 7) is 2.15. The van der Waals surface area contributed by atoms with Crippen molar-refractivity contribution < 1.29 is 4.79 Å². The van der Waals surface area contributed by atoms with Crippen LogP contribution in [0.4, 0.5) is 0 Å². The van der Waals surface area contributed by atoms with Crippen LogP contribution in [-0.2, 0) is 11.2 Å². The van der Waals surface area contributed by atoms with E-state index in [1.165, 1.54) is 11.6 Å². The maximum Gasteiger partial charge on any atom is 0.245 e. The molecule has 2 heteroatoms. The first-order valence-corrected chi connectivity index (χ1v) is 5.06. The summed E-state index contributed by atoms with van der Waals surface area (Å²) in [4.78, 5) is 10.5. The lowest BCUT2D eigenvalue weighted by atomic mass is 10.1. The zero-order chi connectivity index (χ0) is 10.4. The van der Waals surface area contributed by atoms with Crippen LogP contribution in [0.15, 0.2) is 30.3 Å². The Balaban J connectivity index is 2.68. The maximum absolute atomic E-state index is 10.5. The number of halogens is 1. The minimum atomic E-state index is -0.442. The predicted octanol–water partition coefficient (Wildman–Crippen LogP) is 3.42.